The molecule has 0 saturated carbocycles. The van der Waals surface area contributed by atoms with Crippen molar-refractivity contribution in [3.63, 3.8) is 0 Å². The Morgan fingerprint density at radius 2 is 1.30 bits per heavy atom. The fraction of sp³-hybridized carbons (Fsp3) is 0.321. The van der Waals surface area contributed by atoms with Gasteiger partial charge in [0.15, 0.2) is 22.1 Å². The molecule has 0 amide bonds. The topological polar surface area (TPSA) is 44.8 Å². The van der Waals surface area contributed by atoms with Crippen LogP contribution in [0, 0.1) is 0 Å². The van der Waals surface area contributed by atoms with Gasteiger partial charge in [-0.3, -0.25) is 0 Å². The first-order valence-corrected chi connectivity index (χ1v) is 12.3. The van der Waals surface area contributed by atoms with E-state index in [4.69, 9.17) is 14.2 Å². The number of benzene rings is 3. The van der Waals surface area contributed by atoms with E-state index in [0.717, 1.165) is 10.6 Å². The SMILES string of the molecule is CC(C)(C)OC(=O)COc1ccc([S+](c2ccccc2)c2ccccc2)c(OC(C)(C)C)c1. The fourth-order valence-corrected chi connectivity index (χ4v) is 5.32. The Labute approximate surface area is 200 Å². The zero-order chi connectivity index (χ0) is 24.1. The van der Waals surface area contributed by atoms with Crippen molar-refractivity contribution in [3.8, 4) is 11.5 Å². The van der Waals surface area contributed by atoms with Crippen LogP contribution in [-0.2, 0) is 20.4 Å². The zero-order valence-corrected chi connectivity index (χ0v) is 21.1. The van der Waals surface area contributed by atoms with E-state index in [1.165, 1.54) is 9.79 Å². The molecule has 33 heavy (non-hydrogen) atoms. The number of ether oxygens (including phenoxy) is 3. The summed E-state index contributed by atoms with van der Waals surface area (Å²) < 4.78 is 17.5. The number of carbonyl (C=O) groups excluding carboxylic acids is 1. The molecule has 0 N–H and O–H groups in total. The molecule has 0 spiro atoms. The molecule has 0 aromatic heterocycles. The molecule has 0 bridgehead atoms. The molecule has 3 rings (SSSR count). The van der Waals surface area contributed by atoms with Crippen molar-refractivity contribution in [3.05, 3.63) is 78.9 Å². The molecule has 0 aliphatic heterocycles. The van der Waals surface area contributed by atoms with Crippen molar-refractivity contribution in [2.75, 3.05) is 6.61 Å². The number of rotatable bonds is 7. The first kappa shape index (κ1) is 24.7. The third-order valence-corrected chi connectivity index (χ3v) is 6.55. The molecular formula is C28H33O4S+. The summed E-state index contributed by atoms with van der Waals surface area (Å²) >= 11 is 0. The molecule has 0 aliphatic carbocycles. The van der Waals surface area contributed by atoms with Crippen LogP contribution in [-0.4, -0.2) is 23.8 Å². The fourth-order valence-electron chi connectivity index (χ4n) is 3.17. The van der Waals surface area contributed by atoms with Crippen molar-refractivity contribution in [2.45, 2.75) is 67.4 Å². The second kappa shape index (κ2) is 10.3. The van der Waals surface area contributed by atoms with Gasteiger partial charge < -0.3 is 14.2 Å². The summed E-state index contributed by atoms with van der Waals surface area (Å²) in [6.07, 6.45) is 0. The summed E-state index contributed by atoms with van der Waals surface area (Å²) in [4.78, 5) is 15.6. The van der Waals surface area contributed by atoms with Gasteiger partial charge in [-0.2, -0.15) is 0 Å². The molecule has 0 atom stereocenters. The van der Waals surface area contributed by atoms with Gasteiger partial charge in [-0.25, -0.2) is 4.79 Å². The summed E-state index contributed by atoms with van der Waals surface area (Å²) in [6.45, 7) is 11.4. The quantitative estimate of drug-likeness (QED) is 0.288. The smallest absolute Gasteiger partial charge is 0.344 e. The highest BCUT2D eigenvalue weighted by Crippen LogP contribution is 2.39. The minimum absolute atomic E-state index is 0.158. The van der Waals surface area contributed by atoms with Crippen LogP contribution >= 0.6 is 0 Å². The molecule has 5 heteroatoms. The lowest BCUT2D eigenvalue weighted by molar-refractivity contribution is -0.157. The Balaban J connectivity index is 1.99. The van der Waals surface area contributed by atoms with E-state index in [0.29, 0.717) is 5.75 Å². The van der Waals surface area contributed by atoms with Gasteiger partial charge in [0, 0.05) is 12.1 Å². The van der Waals surface area contributed by atoms with Crippen LogP contribution in [0.2, 0.25) is 0 Å². The van der Waals surface area contributed by atoms with E-state index in [-0.39, 0.29) is 17.5 Å². The van der Waals surface area contributed by atoms with Crippen LogP contribution in [0.3, 0.4) is 0 Å². The van der Waals surface area contributed by atoms with Crippen LogP contribution in [0.15, 0.2) is 93.5 Å². The largest absolute Gasteiger partial charge is 0.483 e. The summed E-state index contributed by atoms with van der Waals surface area (Å²) in [5.41, 5.74) is -0.953. The third-order valence-electron chi connectivity index (χ3n) is 4.29. The second-order valence-corrected chi connectivity index (χ2v) is 11.6. The zero-order valence-electron chi connectivity index (χ0n) is 20.3. The molecular weight excluding hydrogens is 432 g/mol. The van der Waals surface area contributed by atoms with Crippen LogP contribution < -0.4 is 9.47 Å². The first-order chi connectivity index (χ1) is 15.5. The summed E-state index contributed by atoms with van der Waals surface area (Å²) in [5.74, 6) is 0.895. The predicted octanol–water partition coefficient (Wildman–Crippen LogP) is 6.68. The molecule has 0 fully saturated rings. The van der Waals surface area contributed by atoms with E-state index in [1.54, 1.807) is 0 Å². The lowest BCUT2D eigenvalue weighted by atomic mass is 10.2. The maximum Gasteiger partial charge on any atom is 0.344 e. The van der Waals surface area contributed by atoms with Crippen molar-refractivity contribution in [1.29, 1.82) is 0 Å². The number of hydrogen-bond donors (Lipinski definition) is 0. The average Bonchev–Trinajstić information content (AvgIpc) is 2.73. The summed E-state index contributed by atoms with van der Waals surface area (Å²) in [7, 11) is -0.367. The molecule has 0 saturated heterocycles. The van der Waals surface area contributed by atoms with E-state index in [1.807, 2.05) is 71.9 Å². The standard InChI is InChI=1S/C28H33O4S/c1-27(2,3)31-24-19-21(30-20-26(29)32-28(4,5)6)17-18-25(24)33(22-13-9-7-10-14-22)23-15-11-8-12-16-23/h7-19H,20H2,1-6H3/q+1. The molecule has 3 aromatic carbocycles. The van der Waals surface area contributed by atoms with Gasteiger partial charge in [0.25, 0.3) is 0 Å². The lowest BCUT2D eigenvalue weighted by Gasteiger charge is -2.23. The lowest BCUT2D eigenvalue weighted by Crippen LogP contribution is -2.27. The van der Waals surface area contributed by atoms with Gasteiger partial charge in [0.05, 0.1) is 0 Å². The number of carbonyl (C=O) groups is 1. The van der Waals surface area contributed by atoms with Gasteiger partial charge in [-0.05, 0) is 71.9 Å². The maximum atomic E-state index is 12.1. The Bertz CT molecular complexity index is 1010. The third kappa shape index (κ3) is 7.57. The van der Waals surface area contributed by atoms with Crippen LogP contribution in [0.1, 0.15) is 41.5 Å². The predicted molar refractivity (Wildman–Crippen MR) is 133 cm³/mol. The second-order valence-electron chi connectivity index (χ2n) is 9.63. The van der Waals surface area contributed by atoms with Crippen molar-refractivity contribution in [1.82, 2.24) is 0 Å². The van der Waals surface area contributed by atoms with Crippen LogP contribution in [0.4, 0.5) is 0 Å². The Morgan fingerprint density at radius 3 is 1.79 bits per heavy atom. The number of esters is 1. The monoisotopic (exact) mass is 465 g/mol. The molecule has 0 radical (unpaired) electrons. The maximum absolute atomic E-state index is 12.1. The highest BCUT2D eigenvalue weighted by Gasteiger charge is 2.33. The minimum Gasteiger partial charge on any atom is -0.483 e. The van der Waals surface area contributed by atoms with Crippen LogP contribution in [0.5, 0.6) is 11.5 Å². The van der Waals surface area contributed by atoms with Gasteiger partial charge in [0.1, 0.15) is 27.8 Å². The molecule has 4 nitrogen and oxygen atoms in total. The Hall–Kier alpha value is -2.92. The van der Waals surface area contributed by atoms with Crippen molar-refractivity contribution >= 4 is 16.9 Å². The van der Waals surface area contributed by atoms with Crippen LogP contribution in [0.25, 0.3) is 0 Å². The first-order valence-electron chi connectivity index (χ1n) is 11.0. The molecule has 174 valence electrons. The van der Waals surface area contributed by atoms with Gasteiger partial charge in [-0.15, -0.1) is 0 Å². The summed E-state index contributed by atoms with van der Waals surface area (Å²) in [5, 5.41) is 0. The Kier molecular flexibility index (Phi) is 7.75. The molecule has 3 aromatic rings. The molecule has 0 heterocycles. The van der Waals surface area contributed by atoms with E-state index in [9.17, 15) is 4.79 Å². The summed E-state index contributed by atoms with van der Waals surface area (Å²) in [6, 6.07) is 26.6. The highest BCUT2D eigenvalue weighted by atomic mass is 32.2. The highest BCUT2D eigenvalue weighted by molar-refractivity contribution is 7.97. The average molecular weight is 466 g/mol. The van der Waals surface area contributed by atoms with Gasteiger partial charge in [0.2, 0.25) is 4.90 Å². The minimum atomic E-state index is -0.551. The Morgan fingerprint density at radius 1 is 0.758 bits per heavy atom. The van der Waals surface area contributed by atoms with Crippen molar-refractivity contribution in [2.24, 2.45) is 0 Å². The van der Waals surface area contributed by atoms with Gasteiger partial charge in [-0.1, -0.05) is 36.4 Å². The van der Waals surface area contributed by atoms with E-state index in [2.05, 4.69) is 48.5 Å². The molecule has 0 unspecified atom stereocenters. The van der Waals surface area contributed by atoms with Gasteiger partial charge >= 0.3 is 5.97 Å². The normalized spacial score (nSPS) is 11.8. The molecule has 0 aliphatic rings. The van der Waals surface area contributed by atoms with E-state index < -0.39 is 17.2 Å². The number of hydrogen-bond acceptors (Lipinski definition) is 4. The van der Waals surface area contributed by atoms with E-state index >= 15 is 0 Å². The van der Waals surface area contributed by atoms with Crippen molar-refractivity contribution < 1.29 is 19.0 Å².